The summed E-state index contributed by atoms with van der Waals surface area (Å²) in [5.74, 6) is 1.24. The third kappa shape index (κ3) is 3.82. The van der Waals surface area contributed by atoms with Crippen molar-refractivity contribution >= 4 is 17.6 Å². The molecule has 7 nitrogen and oxygen atoms in total. The molecular formula is C22H18N4O3S. The van der Waals surface area contributed by atoms with Gasteiger partial charge >= 0.3 is 0 Å². The van der Waals surface area contributed by atoms with Crippen LogP contribution >= 0.6 is 11.8 Å². The molecule has 0 saturated heterocycles. The summed E-state index contributed by atoms with van der Waals surface area (Å²) in [5, 5.41) is 20.1. The van der Waals surface area contributed by atoms with Crippen molar-refractivity contribution in [3.05, 3.63) is 53.6 Å². The first-order valence-electron chi connectivity index (χ1n) is 8.74. The smallest absolute Gasteiger partial charge is 0.203 e. The van der Waals surface area contributed by atoms with Crippen molar-refractivity contribution in [3.63, 3.8) is 0 Å². The van der Waals surface area contributed by atoms with Crippen LogP contribution in [0.3, 0.4) is 0 Å². The van der Waals surface area contributed by atoms with Crippen LogP contribution in [0.5, 0.6) is 17.2 Å². The van der Waals surface area contributed by atoms with Gasteiger partial charge in [-0.15, -0.1) is 0 Å². The number of nitrogens with zero attached hydrogens (tertiary/aromatic N) is 3. The molecule has 3 rings (SSSR count). The molecule has 2 N–H and O–H groups in total. The summed E-state index contributed by atoms with van der Waals surface area (Å²) in [6.07, 6.45) is 0. The van der Waals surface area contributed by atoms with E-state index in [0.29, 0.717) is 33.4 Å². The van der Waals surface area contributed by atoms with Crippen molar-refractivity contribution in [1.29, 1.82) is 10.5 Å². The average Bonchev–Trinajstić information content (AvgIpc) is 2.78. The highest BCUT2D eigenvalue weighted by Gasteiger charge is 2.23. The summed E-state index contributed by atoms with van der Waals surface area (Å²) in [5.41, 5.74) is 7.35. The number of ether oxygens (including phenoxy) is 3. The van der Waals surface area contributed by atoms with Gasteiger partial charge in [0.25, 0.3) is 0 Å². The van der Waals surface area contributed by atoms with Crippen LogP contribution in [-0.4, -0.2) is 26.3 Å². The Morgan fingerprint density at radius 3 is 2.00 bits per heavy atom. The second kappa shape index (κ2) is 9.08. The molecule has 0 atom stereocenters. The largest absolute Gasteiger partial charge is 0.493 e. The highest BCUT2D eigenvalue weighted by molar-refractivity contribution is 7.99. The summed E-state index contributed by atoms with van der Waals surface area (Å²) in [6, 6.07) is 17.1. The number of pyridine rings is 1. The number of nitriles is 2. The summed E-state index contributed by atoms with van der Waals surface area (Å²) >= 11 is 1.30. The number of benzene rings is 2. The Morgan fingerprint density at radius 2 is 1.50 bits per heavy atom. The predicted molar refractivity (Wildman–Crippen MR) is 114 cm³/mol. The van der Waals surface area contributed by atoms with Gasteiger partial charge in [0.15, 0.2) is 11.5 Å². The fraction of sp³-hybridized carbons (Fsp3) is 0.136. The maximum Gasteiger partial charge on any atom is 0.203 e. The molecule has 8 heteroatoms. The van der Waals surface area contributed by atoms with Crippen LogP contribution < -0.4 is 19.9 Å². The lowest BCUT2D eigenvalue weighted by Crippen LogP contribution is -2.04. The van der Waals surface area contributed by atoms with Gasteiger partial charge in [-0.2, -0.15) is 10.5 Å². The van der Waals surface area contributed by atoms with E-state index in [-0.39, 0.29) is 16.9 Å². The minimum Gasteiger partial charge on any atom is -0.493 e. The van der Waals surface area contributed by atoms with Crippen molar-refractivity contribution in [2.45, 2.75) is 9.92 Å². The molecule has 3 aromatic rings. The Morgan fingerprint density at radius 1 is 0.900 bits per heavy atom. The van der Waals surface area contributed by atoms with Gasteiger partial charge in [0, 0.05) is 10.5 Å². The summed E-state index contributed by atoms with van der Waals surface area (Å²) in [7, 11) is 4.49. The Kier molecular flexibility index (Phi) is 6.31. The SMILES string of the molecule is COc1cc(-c2c(C#N)c(N)nc(Sc3ccccc3)c2C#N)cc(OC)c1OC. The van der Waals surface area contributed by atoms with E-state index in [4.69, 9.17) is 19.9 Å². The van der Waals surface area contributed by atoms with Crippen molar-refractivity contribution in [1.82, 2.24) is 4.98 Å². The standard InChI is InChI=1S/C22H18N4O3S/c1-27-17-9-13(10-18(28-2)20(17)29-3)19-15(11-23)21(25)26-22(16(19)12-24)30-14-7-5-4-6-8-14/h4-10H,1-3H3,(H2,25,26). The molecule has 30 heavy (non-hydrogen) atoms. The first-order chi connectivity index (χ1) is 14.6. The van der Waals surface area contributed by atoms with E-state index in [1.54, 1.807) is 12.1 Å². The van der Waals surface area contributed by atoms with Gasteiger partial charge in [0.2, 0.25) is 5.75 Å². The normalized spacial score (nSPS) is 10.0. The molecule has 1 aromatic heterocycles. The summed E-state index contributed by atoms with van der Waals surface area (Å²) in [6.45, 7) is 0. The zero-order valence-corrected chi connectivity index (χ0v) is 17.4. The maximum absolute atomic E-state index is 9.96. The second-order valence-electron chi connectivity index (χ2n) is 5.98. The lowest BCUT2D eigenvalue weighted by molar-refractivity contribution is 0.324. The first kappa shape index (κ1) is 20.8. The van der Waals surface area contributed by atoms with E-state index in [1.165, 1.54) is 33.1 Å². The van der Waals surface area contributed by atoms with E-state index in [1.807, 2.05) is 30.3 Å². The van der Waals surface area contributed by atoms with Crippen LogP contribution in [0.1, 0.15) is 11.1 Å². The molecule has 0 bridgehead atoms. The molecule has 0 unspecified atom stereocenters. The molecule has 0 saturated carbocycles. The first-order valence-corrected chi connectivity index (χ1v) is 9.56. The van der Waals surface area contributed by atoms with Gasteiger partial charge in [0.05, 0.1) is 26.9 Å². The minimum absolute atomic E-state index is 0.0404. The number of hydrogen-bond donors (Lipinski definition) is 1. The predicted octanol–water partition coefficient (Wildman–Crippen LogP) is 4.25. The van der Waals surface area contributed by atoms with Gasteiger partial charge < -0.3 is 19.9 Å². The third-order valence-electron chi connectivity index (χ3n) is 4.33. The quantitative estimate of drug-likeness (QED) is 0.632. The fourth-order valence-electron chi connectivity index (χ4n) is 2.99. The van der Waals surface area contributed by atoms with Crippen LogP contribution in [0.25, 0.3) is 11.1 Å². The van der Waals surface area contributed by atoms with Crippen LogP contribution in [0, 0.1) is 22.7 Å². The van der Waals surface area contributed by atoms with E-state index >= 15 is 0 Å². The molecule has 0 spiro atoms. The molecule has 0 aliphatic carbocycles. The van der Waals surface area contributed by atoms with Crippen LogP contribution in [-0.2, 0) is 0 Å². The highest BCUT2D eigenvalue weighted by atomic mass is 32.2. The third-order valence-corrected chi connectivity index (χ3v) is 5.32. The number of aromatic nitrogens is 1. The van der Waals surface area contributed by atoms with E-state index < -0.39 is 0 Å². The van der Waals surface area contributed by atoms with Gasteiger partial charge in [-0.05, 0) is 29.8 Å². The zero-order valence-electron chi connectivity index (χ0n) is 16.6. The molecule has 2 aromatic carbocycles. The van der Waals surface area contributed by atoms with Crippen molar-refractivity contribution in [2.24, 2.45) is 0 Å². The number of anilines is 1. The lowest BCUT2D eigenvalue weighted by atomic mass is 9.96. The van der Waals surface area contributed by atoms with E-state index in [0.717, 1.165) is 4.90 Å². The molecule has 0 aliphatic heterocycles. The van der Waals surface area contributed by atoms with Gasteiger partial charge in [-0.1, -0.05) is 30.0 Å². The lowest BCUT2D eigenvalue weighted by Gasteiger charge is -2.17. The van der Waals surface area contributed by atoms with Crippen molar-refractivity contribution in [3.8, 4) is 40.5 Å². The Balaban J connectivity index is 2.31. The Bertz CT molecular complexity index is 1140. The minimum atomic E-state index is 0.0404. The van der Waals surface area contributed by atoms with Gasteiger partial charge in [-0.3, -0.25) is 0 Å². The molecule has 0 radical (unpaired) electrons. The molecule has 1 heterocycles. The van der Waals surface area contributed by atoms with Crippen LogP contribution in [0.2, 0.25) is 0 Å². The van der Waals surface area contributed by atoms with Gasteiger partial charge in [0.1, 0.15) is 28.5 Å². The number of hydrogen-bond acceptors (Lipinski definition) is 8. The summed E-state index contributed by atoms with van der Waals surface area (Å²) < 4.78 is 16.2. The molecule has 0 aliphatic rings. The molecule has 0 fully saturated rings. The number of nitrogens with two attached hydrogens (primary N) is 1. The van der Waals surface area contributed by atoms with Crippen LogP contribution in [0.15, 0.2) is 52.4 Å². The maximum atomic E-state index is 9.96. The monoisotopic (exact) mass is 418 g/mol. The Labute approximate surface area is 178 Å². The number of rotatable bonds is 6. The van der Waals surface area contributed by atoms with Crippen molar-refractivity contribution < 1.29 is 14.2 Å². The number of nitrogen functional groups attached to an aromatic ring is 1. The molecule has 150 valence electrons. The number of methoxy groups -OCH3 is 3. The Hall–Kier alpha value is -3.88. The molecule has 0 amide bonds. The van der Waals surface area contributed by atoms with E-state index in [2.05, 4.69) is 17.1 Å². The summed E-state index contributed by atoms with van der Waals surface area (Å²) in [4.78, 5) is 5.21. The highest BCUT2D eigenvalue weighted by Crippen LogP contribution is 2.44. The topological polar surface area (TPSA) is 114 Å². The van der Waals surface area contributed by atoms with E-state index in [9.17, 15) is 10.5 Å². The van der Waals surface area contributed by atoms with Crippen LogP contribution in [0.4, 0.5) is 5.82 Å². The van der Waals surface area contributed by atoms with Gasteiger partial charge in [-0.25, -0.2) is 4.98 Å². The fourth-order valence-corrected chi connectivity index (χ4v) is 3.90. The molecular weight excluding hydrogens is 400 g/mol. The second-order valence-corrected chi connectivity index (χ2v) is 7.04. The van der Waals surface area contributed by atoms with Crippen molar-refractivity contribution in [2.75, 3.05) is 27.1 Å². The zero-order chi connectivity index (χ0) is 21.7. The average molecular weight is 418 g/mol.